The number of alkyl halides is 1. The van der Waals surface area contributed by atoms with Gasteiger partial charge in [-0.1, -0.05) is 18.5 Å². The van der Waals surface area contributed by atoms with E-state index in [2.05, 4.69) is 15.1 Å². The molecule has 2 aromatic heterocycles. The third kappa shape index (κ3) is 4.17. The minimum Gasteiger partial charge on any atom is -0.403 e. The number of H-pyrrole nitrogens is 1. The Kier molecular flexibility index (Phi) is 5.20. The molecule has 1 saturated carbocycles. The topological polar surface area (TPSA) is 97.5 Å². The summed E-state index contributed by atoms with van der Waals surface area (Å²) in [6.45, 7) is 3.60. The van der Waals surface area contributed by atoms with Crippen LogP contribution in [0.4, 0.5) is 4.39 Å². The fraction of sp³-hybridized carbons (Fsp3) is 0.556. The number of aromatic amines is 1. The van der Waals surface area contributed by atoms with E-state index < -0.39 is 16.9 Å². The van der Waals surface area contributed by atoms with Crippen molar-refractivity contribution in [1.82, 2.24) is 9.97 Å². The molecule has 0 radical (unpaired) electrons. The SMILES string of the molecule is CCCCc1cc(=O)oc2nc(ON=C3CCC(C)(F)CC3)[nH]c(=O)c12. The van der Waals surface area contributed by atoms with E-state index in [1.54, 1.807) is 6.92 Å². The predicted molar refractivity (Wildman–Crippen MR) is 95.6 cm³/mol. The summed E-state index contributed by atoms with van der Waals surface area (Å²) in [5.41, 5.74) is -0.927. The number of nitrogens with one attached hydrogen (secondary N) is 1. The summed E-state index contributed by atoms with van der Waals surface area (Å²) in [6, 6.07) is 1.17. The largest absolute Gasteiger partial charge is 0.403 e. The fourth-order valence-corrected chi connectivity index (χ4v) is 3.00. The Balaban J connectivity index is 1.87. The second-order valence-electron chi connectivity index (χ2n) is 6.91. The van der Waals surface area contributed by atoms with Crippen molar-refractivity contribution in [3.8, 4) is 6.01 Å². The van der Waals surface area contributed by atoms with Crippen LogP contribution in [0.25, 0.3) is 11.1 Å². The molecule has 2 aromatic rings. The summed E-state index contributed by atoms with van der Waals surface area (Å²) in [6.07, 6.45) is 4.11. The number of aryl methyl sites for hydroxylation is 1. The molecule has 0 bridgehead atoms. The smallest absolute Gasteiger partial charge is 0.337 e. The summed E-state index contributed by atoms with van der Waals surface area (Å²) in [5, 5.41) is 4.21. The van der Waals surface area contributed by atoms with Gasteiger partial charge in [0.1, 0.15) is 11.1 Å². The van der Waals surface area contributed by atoms with Crippen molar-refractivity contribution in [1.29, 1.82) is 0 Å². The molecule has 1 aliphatic rings. The minimum absolute atomic E-state index is 0.0671. The van der Waals surface area contributed by atoms with E-state index in [1.807, 2.05) is 6.92 Å². The molecular weight excluding hydrogens is 341 g/mol. The molecule has 0 unspecified atom stereocenters. The number of fused-ring (bicyclic) bond motifs is 1. The molecular formula is C18H22FN3O4. The van der Waals surface area contributed by atoms with Crippen molar-refractivity contribution in [2.24, 2.45) is 5.16 Å². The number of oxime groups is 1. The monoisotopic (exact) mass is 363 g/mol. The quantitative estimate of drug-likeness (QED) is 0.822. The van der Waals surface area contributed by atoms with E-state index >= 15 is 0 Å². The molecule has 7 nitrogen and oxygen atoms in total. The van der Waals surface area contributed by atoms with E-state index in [0.29, 0.717) is 43.4 Å². The number of nitrogens with zero attached hydrogens (tertiary/aromatic N) is 2. The first-order chi connectivity index (χ1) is 12.4. The van der Waals surface area contributed by atoms with Gasteiger partial charge in [0.15, 0.2) is 0 Å². The van der Waals surface area contributed by atoms with Crippen LogP contribution in [0.2, 0.25) is 0 Å². The molecule has 0 atom stereocenters. The first kappa shape index (κ1) is 18.3. The van der Waals surface area contributed by atoms with E-state index in [-0.39, 0.29) is 17.1 Å². The fourth-order valence-electron chi connectivity index (χ4n) is 3.00. The Labute approximate surface area is 149 Å². The Morgan fingerprint density at radius 2 is 2.12 bits per heavy atom. The number of unbranched alkanes of at least 4 members (excludes halogenated alkanes) is 1. The molecule has 140 valence electrons. The Morgan fingerprint density at radius 3 is 2.81 bits per heavy atom. The maximum absolute atomic E-state index is 13.8. The van der Waals surface area contributed by atoms with Crippen LogP contribution in [0, 0.1) is 0 Å². The lowest BCUT2D eigenvalue weighted by atomic mass is 9.87. The van der Waals surface area contributed by atoms with Crippen molar-refractivity contribution in [3.05, 3.63) is 32.4 Å². The maximum atomic E-state index is 13.8. The highest BCUT2D eigenvalue weighted by molar-refractivity contribution is 5.85. The first-order valence-corrected chi connectivity index (χ1v) is 8.87. The van der Waals surface area contributed by atoms with Gasteiger partial charge in [0.2, 0.25) is 5.71 Å². The zero-order valence-corrected chi connectivity index (χ0v) is 14.9. The lowest BCUT2D eigenvalue weighted by Gasteiger charge is -2.25. The lowest BCUT2D eigenvalue weighted by Crippen LogP contribution is -2.26. The number of hydrogen-bond acceptors (Lipinski definition) is 6. The normalized spacial score (nSPS) is 20.3. The van der Waals surface area contributed by atoms with Crippen molar-refractivity contribution in [2.75, 3.05) is 0 Å². The average Bonchev–Trinajstić information content (AvgIpc) is 2.58. The molecule has 0 spiro atoms. The minimum atomic E-state index is -1.17. The van der Waals surface area contributed by atoms with Crippen LogP contribution >= 0.6 is 0 Å². The van der Waals surface area contributed by atoms with Crippen LogP contribution < -0.4 is 16.0 Å². The summed E-state index contributed by atoms with van der Waals surface area (Å²) < 4.78 is 18.9. The third-order valence-electron chi connectivity index (χ3n) is 4.61. The van der Waals surface area contributed by atoms with Crippen LogP contribution in [0.15, 0.2) is 25.2 Å². The standard InChI is InChI=1S/C18H22FN3O4/c1-3-4-5-11-10-13(23)25-16-14(11)15(24)20-17(21-16)26-22-12-6-8-18(2,19)9-7-12/h10H,3-9H2,1-2H3,(H,20,21,24). The van der Waals surface area contributed by atoms with Gasteiger partial charge in [-0.05, 0) is 51.0 Å². The molecule has 0 saturated heterocycles. The van der Waals surface area contributed by atoms with Gasteiger partial charge in [-0.25, -0.2) is 9.18 Å². The number of aromatic nitrogens is 2. The van der Waals surface area contributed by atoms with Crippen LogP contribution in [0.1, 0.15) is 57.9 Å². The Bertz CT molecular complexity index is 934. The zero-order chi connectivity index (χ0) is 18.7. The highest BCUT2D eigenvalue weighted by atomic mass is 19.1. The Morgan fingerprint density at radius 1 is 1.38 bits per heavy atom. The first-order valence-electron chi connectivity index (χ1n) is 8.87. The molecule has 3 rings (SSSR count). The van der Waals surface area contributed by atoms with Gasteiger partial charge in [0.05, 0.1) is 5.71 Å². The van der Waals surface area contributed by atoms with Gasteiger partial charge in [-0.3, -0.25) is 9.78 Å². The van der Waals surface area contributed by atoms with E-state index in [4.69, 9.17) is 9.25 Å². The summed E-state index contributed by atoms with van der Waals surface area (Å²) >= 11 is 0. The molecule has 1 N–H and O–H groups in total. The van der Waals surface area contributed by atoms with Gasteiger partial charge < -0.3 is 9.25 Å². The highest BCUT2D eigenvalue weighted by Crippen LogP contribution is 2.29. The molecule has 0 aromatic carbocycles. The van der Waals surface area contributed by atoms with Crippen molar-refractivity contribution in [2.45, 2.75) is 64.5 Å². The Hall–Kier alpha value is -2.51. The van der Waals surface area contributed by atoms with Crippen LogP contribution in [-0.4, -0.2) is 21.3 Å². The number of rotatable bonds is 5. The van der Waals surface area contributed by atoms with Gasteiger partial charge in [-0.15, -0.1) is 0 Å². The average molecular weight is 363 g/mol. The van der Waals surface area contributed by atoms with Gasteiger partial charge >= 0.3 is 11.6 Å². The predicted octanol–water partition coefficient (Wildman–Crippen LogP) is 3.26. The highest BCUT2D eigenvalue weighted by Gasteiger charge is 2.28. The maximum Gasteiger partial charge on any atom is 0.337 e. The molecule has 0 aliphatic heterocycles. The number of halogens is 1. The molecule has 8 heteroatoms. The third-order valence-corrected chi connectivity index (χ3v) is 4.61. The molecule has 1 aliphatic carbocycles. The summed E-state index contributed by atoms with van der Waals surface area (Å²) in [4.78, 5) is 35.9. The van der Waals surface area contributed by atoms with Crippen LogP contribution in [-0.2, 0) is 6.42 Å². The van der Waals surface area contributed by atoms with E-state index in [1.165, 1.54) is 6.07 Å². The molecule has 0 amide bonds. The summed E-state index contributed by atoms with van der Waals surface area (Å²) in [7, 11) is 0. The molecule has 26 heavy (non-hydrogen) atoms. The van der Waals surface area contributed by atoms with Crippen molar-refractivity contribution < 1.29 is 13.6 Å². The van der Waals surface area contributed by atoms with E-state index in [9.17, 15) is 14.0 Å². The lowest BCUT2D eigenvalue weighted by molar-refractivity contribution is 0.156. The summed E-state index contributed by atoms with van der Waals surface area (Å²) in [5.74, 6) is 0. The second-order valence-corrected chi connectivity index (χ2v) is 6.91. The van der Waals surface area contributed by atoms with Crippen molar-refractivity contribution in [3.63, 3.8) is 0 Å². The van der Waals surface area contributed by atoms with Crippen LogP contribution in [0.5, 0.6) is 6.01 Å². The van der Waals surface area contributed by atoms with Crippen molar-refractivity contribution >= 4 is 16.8 Å². The van der Waals surface area contributed by atoms with Crippen LogP contribution in [0.3, 0.4) is 0 Å². The van der Waals surface area contributed by atoms with Gasteiger partial charge in [0.25, 0.3) is 5.56 Å². The zero-order valence-electron chi connectivity index (χ0n) is 14.9. The second kappa shape index (κ2) is 7.39. The van der Waals surface area contributed by atoms with E-state index in [0.717, 1.165) is 12.8 Å². The molecule has 1 fully saturated rings. The van der Waals surface area contributed by atoms with Gasteiger partial charge in [0, 0.05) is 6.07 Å². The molecule has 2 heterocycles. The number of hydrogen-bond donors (Lipinski definition) is 1. The van der Waals surface area contributed by atoms with Gasteiger partial charge in [-0.2, -0.15) is 4.98 Å².